The summed E-state index contributed by atoms with van der Waals surface area (Å²) in [6.07, 6.45) is 0. The smallest absolute Gasteiger partial charge is 0.258 e. The molecule has 2 N–H and O–H groups in total. The summed E-state index contributed by atoms with van der Waals surface area (Å²) < 4.78 is 0. The molecule has 0 aliphatic carbocycles. The molecule has 0 radical (unpaired) electrons. The topological polar surface area (TPSA) is 84.0 Å². The number of benzene rings is 2. The Morgan fingerprint density at radius 1 is 1.04 bits per heavy atom. The molecule has 2 aromatic carbocycles. The zero-order valence-electron chi connectivity index (χ0n) is 15.5. The minimum atomic E-state index is -0.275. The normalized spacial score (nSPS) is 10.7. The molecule has 0 aliphatic rings. The second-order valence-corrected chi connectivity index (χ2v) is 8.23. The number of anilines is 1. The standard InChI is InChI=1S/C20H20N4O2S2/c1-13(2)21-17(25)12-27-16-11-7-6-10-15(16)18(26)22-20-24-23-19(28-20)14-8-4-3-5-9-14/h3-11,13H,12H2,1-2H3,(H,21,25)(H,22,24,26). The maximum absolute atomic E-state index is 12.7. The molecule has 0 aliphatic heterocycles. The van der Waals surface area contributed by atoms with Gasteiger partial charge < -0.3 is 5.32 Å². The summed E-state index contributed by atoms with van der Waals surface area (Å²) >= 11 is 2.65. The molecular formula is C20H20N4O2S2. The van der Waals surface area contributed by atoms with E-state index in [0.29, 0.717) is 10.7 Å². The molecule has 0 unspecified atom stereocenters. The Morgan fingerprint density at radius 3 is 2.50 bits per heavy atom. The first-order valence-corrected chi connectivity index (χ1v) is 10.5. The van der Waals surface area contributed by atoms with Crippen molar-refractivity contribution in [1.82, 2.24) is 15.5 Å². The van der Waals surface area contributed by atoms with Crippen LogP contribution >= 0.6 is 23.1 Å². The van der Waals surface area contributed by atoms with Crippen LogP contribution in [0.1, 0.15) is 24.2 Å². The maximum Gasteiger partial charge on any atom is 0.258 e. The van der Waals surface area contributed by atoms with Crippen molar-refractivity contribution in [1.29, 1.82) is 0 Å². The van der Waals surface area contributed by atoms with Crippen LogP contribution in [0.4, 0.5) is 5.13 Å². The number of hydrogen-bond donors (Lipinski definition) is 2. The van der Waals surface area contributed by atoms with Crippen LogP contribution in [0.2, 0.25) is 0 Å². The Bertz CT molecular complexity index is 958. The lowest BCUT2D eigenvalue weighted by atomic mass is 10.2. The van der Waals surface area contributed by atoms with Crippen molar-refractivity contribution in [2.75, 3.05) is 11.1 Å². The lowest BCUT2D eigenvalue weighted by molar-refractivity contribution is -0.119. The van der Waals surface area contributed by atoms with Gasteiger partial charge in [-0.25, -0.2) is 0 Å². The molecule has 3 rings (SSSR count). The molecule has 0 fully saturated rings. The van der Waals surface area contributed by atoms with E-state index < -0.39 is 0 Å². The largest absolute Gasteiger partial charge is 0.353 e. The van der Waals surface area contributed by atoms with E-state index in [1.165, 1.54) is 23.1 Å². The van der Waals surface area contributed by atoms with E-state index in [9.17, 15) is 9.59 Å². The monoisotopic (exact) mass is 412 g/mol. The third kappa shape index (κ3) is 5.40. The van der Waals surface area contributed by atoms with Gasteiger partial charge in [-0.2, -0.15) is 0 Å². The summed E-state index contributed by atoms with van der Waals surface area (Å²) in [6, 6.07) is 17.0. The molecule has 1 heterocycles. The van der Waals surface area contributed by atoms with Gasteiger partial charge in [0, 0.05) is 16.5 Å². The lowest BCUT2D eigenvalue weighted by Crippen LogP contribution is -2.31. The summed E-state index contributed by atoms with van der Waals surface area (Å²) in [5.41, 5.74) is 1.45. The Balaban J connectivity index is 1.68. The van der Waals surface area contributed by atoms with Crippen molar-refractivity contribution < 1.29 is 9.59 Å². The summed E-state index contributed by atoms with van der Waals surface area (Å²) in [5.74, 6) is -0.0886. The zero-order chi connectivity index (χ0) is 19.9. The van der Waals surface area contributed by atoms with E-state index in [1.807, 2.05) is 56.3 Å². The molecule has 28 heavy (non-hydrogen) atoms. The van der Waals surface area contributed by atoms with E-state index >= 15 is 0 Å². The zero-order valence-corrected chi connectivity index (χ0v) is 17.1. The summed E-state index contributed by atoms with van der Waals surface area (Å²) in [7, 11) is 0. The van der Waals surface area contributed by atoms with Gasteiger partial charge in [-0.05, 0) is 26.0 Å². The van der Waals surface area contributed by atoms with Gasteiger partial charge in [0.15, 0.2) is 0 Å². The SMILES string of the molecule is CC(C)NC(=O)CSc1ccccc1C(=O)Nc1nnc(-c2ccccc2)s1. The Kier molecular flexibility index (Phi) is 6.78. The van der Waals surface area contributed by atoms with Crippen LogP contribution in [0.3, 0.4) is 0 Å². The van der Waals surface area contributed by atoms with Crippen molar-refractivity contribution in [2.45, 2.75) is 24.8 Å². The van der Waals surface area contributed by atoms with Crippen molar-refractivity contribution in [3.05, 3.63) is 60.2 Å². The van der Waals surface area contributed by atoms with Crippen molar-refractivity contribution in [3.8, 4) is 10.6 Å². The van der Waals surface area contributed by atoms with Gasteiger partial charge in [-0.1, -0.05) is 53.8 Å². The van der Waals surface area contributed by atoms with Gasteiger partial charge in [0.2, 0.25) is 11.0 Å². The van der Waals surface area contributed by atoms with Crippen LogP contribution in [0.25, 0.3) is 10.6 Å². The first-order valence-electron chi connectivity index (χ1n) is 8.74. The molecule has 8 heteroatoms. The van der Waals surface area contributed by atoms with E-state index in [2.05, 4.69) is 20.8 Å². The van der Waals surface area contributed by atoms with Crippen LogP contribution in [-0.2, 0) is 4.79 Å². The quantitative estimate of drug-likeness (QED) is 0.572. The van der Waals surface area contributed by atoms with Crippen LogP contribution in [0.5, 0.6) is 0 Å². The molecule has 1 aromatic heterocycles. The number of hydrogen-bond acceptors (Lipinski definition) is 6. The Hall–Kier alpha value is -2.71. The number of amides is 2. The van der Waals surface area contributed by atoms with E-state index in [1.54, 1.807) is 12.1 Å². The summed E-state index contributed by atoms with van der Waals surface area (Å²) in [5, 5.41) is 15.0. The van der Waals surface area contributed by atoms with Crippen molar-refractivity contribution >= 4 is 40.0 Å². The van der Waals surface area contributed by atoms with Gasteiger partial charge in [0.05, 0.1) is 11.3 Å². The number of aromatic nitrogens is 2. The minimum Gasteiger partial charge on any atom is -0.353 e. The van der Waals surface area contributed by atoms with Crippen molar-refractivity contribution in [2.24, 2.45) is 0 Å². The fourth-order valence-electron chi connectivity index (χ4n) is 2.42. The van der Waals surface area contributed by atoms with E-state index in [4.69, 9.17) is 0 Å². The number of nitrogens with zero attached hydrogens (tertiary/aromatic N) is 2. The molecule has 2 amide bonds. The maximum atomic E-state index is 12.7. The predicted molar refractivity (Wildman–Crippen MR) is 114 cm³/mol. The predicted octanol–water partition coefficient (Wildman–Crippen LogP) is 4.07. The molecule has 0 atom stereocenters. The Morgan fingerprint density at radius 2 is 1.75 bits per heavy atom. The van der Waals surface area contributed by atoms with Gasteiger partial charge in [0.1, 0.15) is 5.01 Å². The molecule has 144 valence electrons. The minimum absolute atomic E-state index is 0.0631. The molecular weight excluding hydrogens is 392 g/mol. The van der Waals surface area contributed by atoms with E-state index in [0.717, 1.165) is 15.5 Å². The highest BCUT2D eigenvalue weighted by atomic mass is 32.2. The molecule has 0 saturated carbocycles. The highest BCUT2D eigenvalue weighted by molar-refractivity contribution is 8.00. The third-order valence-corrected chi connectivity index (χ3v) is 5.57. The molecule has 6 nitrogen and oxygen atoms in total. The highest BCUT2D eigenvalue weighted by Crippen LogP contribution is 2.28. The fraction of sp³-hybridized carbons (Fsp3) is 0.200. The summed E-state index contributed by atoms with van der Waals surface area (Å²) in [6.45, 7) is 3.82. The van der Waals surface area contributed by atoms with Crippen LogP contribution < -0.4 is 10.6 Å². The molecule has 0 spiro atoms. The first-order chi connectivity index (χ1) is 13.5. The van der Waals surface area contributed by atoms with Gasteiger partial charge in [0.25, 0.3) is 5.91 Å². The number of rotatable bonds is 7. The van der Waals surface area contributed by atoms with Crippen LogP contribution in [0, 0.1) is 0 Å². The Labute approximate surface area is 171 Å². The molecule has 0 saturated heterocycles. The average Bonchev–Trinajstić information content (AvgIpc) is 3.15. The number of carbonyl (C=O) groups is 2. The van der Waals surface area contributed by atoms with Crippen LogP contribution in [0.15, 0.2) is 59.5 Å². The van der Waals surface area contributed by atoms with Gasteiger partial charge in [-0.3, -0.25) is 14.9 Å². The van der Waals surface area contributed by atoms with Gasteiger partial charge >= 0.3 is 0 Å². The first kappa shape index (κ1) is 20.0. The second-order valence-electron chi connectivity index (χ2n) is 6.24. The van der Waals surface area contributed by atoms with E-state index in [-0.39, 0.29) is 23.6 Å². The molecule has 0 bridgehead atoms. The lowest BCUT2D eigenvalue weighted by Gasteiger charge is -2.10. The van der Waals surface area contributed by atoms with Crippen LogP contribution in [-0.4, -0.2) is 33.8 Å². The highest BCUT2D eigenvalue weighted by Gasteiger charge is 2.15. The van der Waals surface area contributed by atoms with Crippen molar-refractivity contribution in [3.63, 3.8) is 0 Å². The number of nitrogens with one attached hydrogen (secondary N) is 2. The molecule has 3 aromatic rings. The van der Waals surface area contributed by atoms with Gasteiger partial charge in [-0.15, -0.1) is 22.0 Å². The third-order valence-electron chi connectivity index (χ3n) is 3.61. The average molecular weight is 413 g/mol. The number of thioether (sulfide) groups is 1. The summed E-state index contributed by atoms with van der Waals surface area (Å²) in [4.78, 5) is 25.3. The number of carbonyl (C=O) groups excluding carboxylic acids is 2. The second kappa shape index (κ2) is 9.48. The fourth-order valence-corrected chi connectivity index (χ4v) is 4.03.